The van der Waals surface area contributed by atoms with E-state index in [9.17, 15) is 8.42 Å². The van der Waals surface area contributed by atoms with Crippen LogP contribution in [0.2, 0.25) is 0 Å². The van der Waals surface area contributed by atoms with Gasteiger partial charge < -0.3 is 15.8 Å². The summed E-state index contributed by atoms with van der Waals surface area (Å²) in [6.07, 6.45) is 4.47. The van der Waals surface area contributed by atoms with Crippen molar-refractivity contribution in [3.05, 3.63) is 0 Å². The number of nitrogens with zero attached hydrogens (tertiary/aromatic N) is 1. The second kappa shape index (κ2) is 6.73. The minimum absolute atomic E-state index is 0.129. The summed E-state index contributed by atoms with van der Waals surface area (Å²) in [6.45, 7) is 1.48. The molecule has 0 bridgehead atoms. The zero-order chi connectivity index (χ0) is 14.6. The van der Waals surface area contributed by atoms with Gasteiger partial charge >= 0.3 is 0 Å². The molecule has 1 aliphatic rings. The minimum atomic E-state index is -3.29. The fraction of sp³-hybridized carbons (Fsp3) is 0.750. The predicted octanol–water partition coefficient (Wildman–Crippen LogP) is 1.89. The predicted molar refractivity (Wildman–Crippen MR) is 81.0 cm³/mol. The van der Waals surface area contributed by atoms with Crippen molar-refractivity contribution in [3.8, 4) is 0 Å². The number of hydrogen-bond acceptors (Lipinski definition) is 7. The fourth-order valence-corrected chi connectivity index (χ4v) is 4.89. The lowest BCUT2D eigenvalue weighted by molar-refractivity contribution is 0.192. The van der Waals surface area contributed by atoms with Gasteiger partial charge in [-0.1, -0.05) is 0 Å². The van der Waals surface area contributed by atoms with E-state index < -0.39 is 9.84 Å². The molecule has 1 aliphatic carbocycles. The van der Waals surface area contributed by atoms with Gasteiger partial charge in [-0.25, -0.2) is 8.42 Å². The smallest absolute Gasteiger partial charge is 0.187 e. The Morgan fingerprint density at radius 3 is 2.80 bits per heavy atom. The minimum Gasteiger partial charge on any atom is -0.385 e. The molecule has 0 saturated heterocycles. The molecule has 0 amide bonds. The van der Waals surface area contributed by atoms with E-state index in [0.29, 0.717) is 5.00 Å². The third-order valence-electron chi connectivity index (χ3n) is 3.23. The van der Waals surface area contributed by atoms with Crippen LogP contribution in [0.3, 0.4) is 0 Å². The van der Waals surface area contributed by atoms with Gasteiger partial charge in [0.05, 0.1) is 5.25 Å². The lowest BCUT2D eigenvalue weighted by atomic mass is 10.2. The van der Waals surface area contributed by atoms with Crippen LogP contribution in [-0.4, -0.2) is 38.3 Å². The lowest BCUT2D eigenvalue weighted by Crippen LogP contribution is -2.12. The number of nitrogens with two attached hydrogens (primary N) is 1. The van der Waals surface area contributed by atoms with Crippen molar-refractivity contribution in [2.45, 2.75) is 42.2 Å². The average molecular weight is 319 g/mol. The van der Waals surface area contributed by atoms with Crippen LogP contribution >= 0.6 is 11.5 Å². The number of hydrogen-bond donors (Lipinski definition) is 2. The first-order chi connectivity index (χ1) is 9.57. The third-order valence-corrected chi connectivity index (χ3v) is 6.51. The first-order valence-corrected chi connectivity index (χ1v) is 9.11. The van der Waals surface area contributed by atoms with Gasteiger partial charge in [0.15, 0.2) is 15.7 Å². The number of anilines is 2. The van der Waals surface area contributed by atoms with E-state index in [0.717, 1.165) is 56.8 Å². The number of unbranched alkanes of at least 4 members (excludes halogenated alkanes) is 2. The second-order valence-electron chi connectivity index (χ2n) is 4.95. The molecular formula is C12H21N3O3S2. The Hall–Kier alpha value is -0.860. The quantitative estimate of drug-likeness (QED) is 0.675. The van der Waals surface area contributed by atoms with E-state index in [4.69, 9.17) is 10.5 Å². The summed E-state index contributed by atoms with van der Waals surface area (Å²) >= 11 is 1.13. The molecule has 3 N–H and O–H groups in total. The highest BCUT2D eigenvalue weighted by atomic mass is 32.2. The lowest BCUT2D eigenvalue weighted by Gasteiger charge is -2.07. The van der Waals surface area contributed by atoms with E-state index in [1.165, 1.54) is 0 Å². The maximum Gasteiger partial charge on any atom is 0.187 e. The number of nitrogens with one attached hydrogen (secondary N) is 1. The molecule has 2 rings (SSSR count). The Morgan fingerprint density at radius 2 is 2.15 bits per heavy atom. The Morgan fingerprint density at radius 1 is 1.40 bits per heavy atom. The number of sulfone groups is 1. The van der Waals surface area contributed by atoms with Crippen LogP contribution in [0.5, 0.6) is 0 Å². The zero-order valence-corrected chi connectivity index (χ0v) is 13.2. The van der Waals surface area contributed by atoms with Gasteiger partial charge in [-0.2, -0.15) is 4.37 Å². The number of ether oxygens (including phenoxy) is 1. The summed E-state index contributed by atoms with van der Waals surface area (Å²) in [7, 11) is -1.61. The Labute approximate surface area is 123 Å². The van der Waals surface area contributed by atoms with Crippen molar-refractivity contribution in [2.24, 2.45) is 0 Å². The van der Waals surface area contributed by atoms with Crippen LogP contribution in [-0.2, 0) is 14.6 Å². The third kappa shape index (κ3) is 3.62. The van der Waals surface area contributed by atoms with E-state index in [2.05, 4.69) is 9.69 Å². The molecule has 0 spiro atoms. The summed E-state index contributed by atoms with van der Waals surface area (Å²) in [5.74, 6) is 0.129. The normalized spacial score (nSPS) is 15.4. The molecule has 1 aromatic heterocycles. The Balaban J connectivity index is 1.92. The highest BCUT2D eigenvalue weighted by molar-refractivity contribution is 7.92. The monoisotopic (exact) mass is 319 g/mol. The number of nitrogen functional groups attached to an aromatic ring is 1. The van der Waals surface area contributed by atoms with Crippen LogP contribution in [0.25, 0.3) is 0 Å². The van der Waals surface area contributed by atoms with E-state index >= 15 is 0 Å². The molecule has 1 saturated carbocycles. The summed E-state index contributed by atoms with van der Waals surface area (Å²) < 4.78 is 33.6. The molecule has 8 heteroatoms. The van der Waals surface area contributed by atoms with Gasteiger partial charge in [0, 0.05) is 20.3 Å². The first kappa shape index (κ1) is 15.5. The molecule has 0 aliphatic heterocycles. The van der Waals surface area contributed by atoms with Crippen LogP contribution in [0.1, 0.15) is 32.1 Å². The van der Waals surface area contributed by atoms with E-state index in [1.807, 2.05) is 0 Å². The van der Waals surface area contributed by atoms with Crippen LogP contribution in [0.4, 0.5) is 10.8 Å². The SMILES string of the molecule is COCCCCCNc1snc(N)c1S(=O)(=O)C1CC1. The highest BCUT2D eigenvalue weighted by Crippen LogP contribution is 2.40. The number of methoxy groups -OCH3 is 1. The maximum atomic E-state index is 12.3. The molecule has 0 radical (unpaired) electrons. The van der Waals surface area contributed by atoms with Crippen molar-refractivity contribution in [1.29, 1.82) is 0 Å². The second-order valence-corrected chi connectivity index (χ2v) is 7.89. The summed E-state index contributed by atoms with van der Waals surface area (Å²) in [5, 5.41) is 3.48. The average Bonchev–Trinajstić information content (AvgIpc) is 3.19. The first-order valence-electron chi connectivity index (χ1n) is 6.79. The van der Waals surface area contributed by atoms with Crippen molar-refractivity contribution in [1.82, 2.24) is 4.37 Å². The van der Waals surface area contributed by atoms with Gasteiger partial charge in [-0.3, -0.25) is 0 Å². The summed E-state index contributed by atoms with van der Waals surface area (Å²) in [4.78, 5) is 0.210. The molecule has 1 heterocycles. The van der Waals surface area contributed by atoms with Gasteiger partial charge in [-0.05, 0) is 43.6 Å². The molecule has 0 aromatic carbocycles. The van der Waals surface area contributed by atoms with Crippen LogP contribution < -0.4 is 11.1 Å². The van der Waals surface area contributed by atoms with Crippen molar-refractivity contribution in [3.63, 3.8) is 0 Å². The standard InChI is InChI=1S/C12H21N3O3S2/c1-18-8-4-2-3-7-14-12-10(11(13)15-19-12)20(16,17)9-5-6-9/h9,14H,2-8H2,1H3,(H2,13,15). The van der Waals surface area contributed by atoms with E-state index in [-0.39, 0.29) is 16.0 Å². The summed E-state index contributed by atoms with van der Waals surface area (Å²) in [6, 6.07) is 0. The van der Waals surface area contributed by atoms with Gasteiger partial charge in [0.1, 0.15) is 9.90 Å². The molecule has 0 unspecified atom stereocenters. The van der Waals surface area contributed by atoms with Gasteiger partial charge in [0.25, 0.3) is 0 Å². The van der Waals surface area contributed by atoms with Gasteiger partial charge in [0.2, 0.25) is 0 Å². The number of rotatable bonds is 9. The van der Waals surface area contributed by atoms with Crippen molar-refractivity contribution < 1.29 is 13.2 Å². The molecule has 0 atom stereocenters. The molecule has 1 fully saturated rings. The van der Waals surface area contributed by atoms with Crippen molar-refractivity contribution in [2.75, 3.05) is 31.3 Å². The number of aromatic nitrogens is 1. The fourth-order valence-electron chi connectivity index (χ4n) is 1.98. The Kier molecular flexibility index (Phi) is 5.22. The molecule has 114 valence electrons. The molecule has 6 nitrogen and oxygen atoms in total. The maximum absolute atomic E-state index is 12.3. The summed E-state index contributed by atoms with van der Waals surface area (Å²) in [5.41, 5.74) is 5.73. The van der Waals surface area contributed by atoms with Crippen molar-refractivity contribution >= 4 is 32.2 Å². The molecule has 20 heavy (non-hydrogen) atoms. The zero-order valence-electron chi connectivity index (χ0n) is 11.6. The molecular weight excluding hydrogens is 298 g/mol. The topological polar surface area (TPSA) is 94.3 Å². The highest BCUT2D eigenvalue weighted by Gasteiger charge is 2.40. The largest absolute Gasteiger partial charge is 0.385 e. The van der Waals surface area contributed by atoms with Crippen LogP contribution in [0.15, 0.2) is 4.90 Å². The Bertz CT molecular complexity index is 538. The van der Waals surface area contributed by atoms with Gasteiger partial charge in [-0.15, -0.1) is 0 Å². The molecule has 1 aromatic rings. The van der Waals surface area contributed by atoms with E-state index in [1.54, 1.807) is 7.11 Å². The van der Waals surface area contributed by atoms with Crippen LogP contribution in [0, 0.1) is 0 Å².